The molecule has 0 bridgehead atoms. The van der Waals surface area contributed by atoms with E-state index in [1.54, 1.807) is 9.36 Å². The van der Waals surface area contributed by atoms with Gasteiger partial charge in [0.2, 0.25) is 5.69 Å². The first kappa shape index (κ1) is 10.7. The molecule has 1 aromatic carbocycles. The number of rotatable bonds is 1. The summed E-state index contributed by atoms with van der Waals surface area (Å²) in [6, 6.07) is 9.95. The molecule has 74 valence electrons. The van der Waals surface area contributed by atoms with Gasteiger partial charge < -0.3 is 12.4 Å². The molecule has 0 atom stereocenters. The van der Waals surface area contributed by atoms with Crippen molar-refractivity contribution in [3.8, 4) is 5.69 Å². The van der Waals surface area contributed by atoms with Crippen molar-refractivity contribution in [1.29, 1.82) is 0 Å². The lowest BCUT2D eigenvalue weighted by Crippen LogP contribution is -3.00. The molecular weight excluding hydrogens is 200 g/mol. The van der Waals surface area contributed by atoms with Crippen LogP contribution in [-0.4, -0.2) is 19.8 Å². The molecule has 0 aliphatic carbocycles. The third kappa shape index (κ3) is 1.75. The average Bonchev–Trinajstić information content (AvgIpc) is 2.49. The summed E-state index contributed by atoms with van der Waals surface area (Å²) in [5.41, 5.74) is 1.04. The average molecular weight is 211 g/mol. The maximum atomic E-state index is 4.02. The number of halogens is 1. The lowest BCUT2D eigenvalue weighted by Gasteiger charge is -1.90. The minimum absolute atomic E-state index is 0. The van der Waals surface area contributed by atoms with Gasteiger partial charge >= 0.3 is 0 Å². The van der Waals surface area contributed by atoms with Gasteiger partial charge in [-0.1, -0.05) is 6.07 Å². The van der Waals surface area contributed by atoms with Crippen LogP contribution in [0.3, 0.4) is 0 Å². The minimum Gasteiger partial charge on any atom is -1.00 e. The molecule has 5 heteroatoms. The Morgan fingerprint density at radius 3 is 2.29 bits per heavy atom. The zero-order valence-electron chi connectivity index (χ0n) is 8.05. The second-order valence-corrected chi connectivity index (χ2v) is 2.90. The molecule has 0 fully saturated rings. The largest absolute Gasteiger partial charge is 1.00 e. The molecule has 0 spiro atoms. The Labute approximate surface area is 88.6 Å². The van der Waals surface area contributed by atoms with Crippen molar-refractivity contribution in [1.82, 2.24) is 19.8 Å². The lowest BCUT2D eigenvalue weighted by molar-refractivity contribution is -0.00000292. The van der Waals surface area contributed by atoms with Crippen molar-refractivity contribution in [3.63, 3.8) is 0 Å². The topological polar surface area (TPSA) is 35.6 Å². The first-order chi connectivity index (χ1) is 6.29. The van der Waals surface area contributed by atoms with Crippen LogP contribution in [0.5, 0.6) is 0 Å². The molecule has 0 N–H and O–H groups in total. The Morgan fingerprint density at radius 1 is 1.14 bits per heavy atom. The Hall–Kier alpha value is -1.42. The van der Waals surface area contributed by atoms with Crippen LogP contribution in [0.2, 0.25) is 0 Å². The number of nitrogens with zero attached hydrogens (tertiary/aromatic N) is 4. The number of aryl methyl sites for hydroxylation is 1. The van der Waals surface area contributed by atoms with E-state index in [0.29, 0.717) is 0 Å². The molecule has 0 saturated carbocycles. The molecule has 14 heavy (non-hydrogen) atoms. The smallest absolute Gasteiger partial charge is 0.261 e. The number of hydrogen-bond acceptors (Lipinski definition) is 2. The highest BCUT2D eigenvalue weighted by Gasteiger charge is 2.13. The highest BCUT2D eigenvalue weighted by atomic mass is 35.5. The molecule has 0 saturated heterocycles. The number of para-hydroxylation sites is 1. The molecule has 0 amide bonds. The van der Waals surface area contributed by atoms with Crippen LogP contribution in [0.4, 0.5) is 0 Å². The molecule has 0 unspecified atom stereocenters. The number of tetrazole rings is 1. The summed E-state index contributed by atoms with van der Waals surface area (Å²) in [6.45, 7) is 1.98. The maximum Gasteiger partial charge on any atom is 0.261 e. The van der Waals surface area contributed by atoms with Crippen molar-refractivity contribution < 1.29 is 12.4 Å². The van der Waals surface area contributed by atoms with Crippen LogP contribution in [-0.2, 0) is 7.05 Å². The van der Waals surface area contributed by atoms with Crippen molar-refractivity contribution in [2.75, 3.05) is 0 Å². The highest BCUT2D eigenvalue weighted by molar-refractivity contribution is 5.30. The fourth-order valence-electron chi connectivity index (χ4n) is 1.17. The summed E-state index contributed by atoms with van der Waals surface area (Å²) in [5, 5.41) is 7.94. The molecule has 1 aromatic heterocycles. The lowest BCUT2D eigenvalue weighted by atomic mass is 10.3. The van der Waals surface area contributed by atoms with E-state index in [0.717, 1.165) is 11.5 Å². The molecular formula is C9H11ClN4. The zero-order chi connectivity index (χ0) is 9.26. The first-order valence-electron chi connectivity index (χ1n) is 4.13. The third-order valence-corrected chi connectivity index (χ3v) is 2.04. The Bertz CT molecular complexity index is 410. The van der Waals surface area contributed by atoms with Gasteiger partial charge in [-0.2, -0.15) is 4.68 Å². The van der Waals surface area contributed by atoms with Crippen molar-refractivity contribution in [3.05, 3.63) is 36.2 Å². The number of hydrogen-bond donors (Lipinski definition) is 0. The fraction of sp³-hybridized carbons (Fsp3) is 0.222. The van der Waals surface area contributed by atoms with Crippen LogP contribution in [0, 0.1) is 6.92 Å². The predicted molar refractivity (Wildman–Crippen MR) is 49.5 cm³/mol. The van der Waals surface area contributed by atoms with Crippen molar-refractivity contribution in [2.24, 2.45) is 7.05 Å². The predicted octanol–water partition coefficient (Wildman–Crippen LogP) is -1.80. The van der Waals surface area contributed by atoms with E-state index in [2.05, 4.69) is 10.4 Å². The Kier molecular flexibility index (Phi) is 3.19. The number of aromatic nitrogens is 4. The van der Waals surface area contributed by atoms with Gasteiger partial charge in [-0.05, 0) is 27.2 Å². The standard InChI is InChI=1S/C9H11N4.ClH/c1-8-12(2)10-11-13(8)9-6-4-3-5-7-9;/h3-7H,1-2H3;1H/q+1;/p-1. The normalized spacial score (nSPS) is 9.57. The second kappa shape index (κ2) is 4.19. The Balaban J connectivity index is 0.000000980. The van der Waals surface area contributed by atoms with Gasteiger partial charge in [0.25, 0.3) is 5.82 Å². The number of benzene rings is 1. The SMILES string of the molecule is C[c+]1n(C)nnn1-c1ccccc1.[Cl-]. The van der Waals surface area contributed by atoms with E-state index in [1.165, 1.54) is 0 Å². The van der Waals surface area contributed by atoms with Gasteiger partial charge in [-0.15, -0.1) is 0 Å². The van der Waals surface area contributed by atoms with E-state index < -0.39 is 0 Å². The molecule has 0 radical (unpaired) electrons. The van der Waals surface area contributed by atoms with Gasteiger partial charge in [0.05, 0.1) is 14.0 Å². The van der Waals surface area contributed by atoms with E-state index in [-0.39, 0.29) is 12.4 Å². The van der Waals surface area contributed by atoms with Crippen LogP contribution in [0.25, 0.3) is 5.69 Å². The van der Waals surface area contributed by atoms with Crippen molar-refractivity contribution >= 4 is 0 Å². The molecule has 4 nitrogen and oxygen atoms in total. The summed E-state index contributed by atoms with van der Waals surface area (Å²) in [7, 11) is 1.88. The molecule has 2 rings (SSSR count). The maximum absolute atomic E-state index is 4.02. The quantitative estimate of drug-likeness (QED) is 0.521. The van der Waals surface area contributed by atoms with E-state index >= 15 is 0 Å². The molecule has 1 heterocycles. The Morgan fingerprint density at radius 2 is 1.79 bits per heavy atom. The summed E-state index contributed by atoms with van der Waals surface area (Å²) in [4.78, 5) is 0. The second-order valence-electron chi connectivity index (χ2n) is 2.90. The molecule has 0 aliphatic heterocycles. The first-order valence-corrected chi connectivity index (χ1v) is 4.13. The van der Waals surface area contributed by atoms with Gasteiger partial charge in [-0.3, -0.25) is 0 Å². The van der Waals surface area contributed by atoms with Gasteiger partial charge in [0.1, 0.15) is 0 Å². The van der Waals surface area contributed by atoms with Crippen LogP contribution >= 0.6 is 0 Å². The summed E-state index contributed by atoms with van der Waals surface area (Å²) < 4.78 is 3.55. The summed E-state index contributed by atoms with van der Waals surface area (Å²) in [5.74, 6) is 1.01. The molecule has 0 aliphatic rings. The van der Waals surface area contributed by atoms with Gasteiger partial charge in [0, 0.05) is 12.1 Å². The van der Waals surface area contributed by atoms with Gasteiger partial charge in [-0.25, -0.2) is 0 Å². The monoisotopic (exact) mass is 210 g/mol. The summed E-state index contributed by atoms with van der Waals surface area (Å²) in [6.07, 6.45) is 0. The van der Waals surface area contributed by atoms with Crippen LogP contribution < -0.4 is 12.4 Å². The van der Waals surface area contributed by atoms with Gasteiger partial charge in [0.15, 0.2) is 0 Å². The van der Waals surface area contributed by atoms with Crippen LogP contribution in [0.15, 0.2) is 30.3 Å². The van der Waals surface area contributed by atoms with Crippen LogP contribution in [0.1, 0.15) is 5.82 Å². The van der Waals surface area contributed by atoms with Crippen molar-refractivity contribution in [2.45, 2.75) is 6.92 Å². The zero-order valence-corrected chi connectivity index (χ0v) is 8.81. The fourth-order valence-corrected chi connectivity index (χ4v) is 1.17. The van der Waals surface area contributed by atoms with E-state index in [9.17, 15) is 0 Å². The van der Waals surface area contributed by atoms with E-state index in [4.69, 9.17) is 0 Å². The highest BCUT2D eigenvalue weighted by Crippen LogP contribution is 2.06. The minimum atomic E-state index is 0. The van der Waals surface area contributed by atoms with E-state index in [1.807, 2.05) is 44.3 Å². The third-order valence-electron chi connectivity index (χ3n) is 2.04. The summed E-state index contributed by atoms with van der Waals surface area (Å²) >= 11 is 0. The molecule has 2 aromatic rings.